The zero-order valence-corrected chi connectivity index (χ0v) is 12.2. The molecule has 0 aromatic heterocycles. The molecule has 0 spiro atoms. The van der Waals surface area contributed by atoms with Crippen LogP contribution in [-0.4, -0.2) is 47.6 Å². The molecule has 0 saturated carbocycles. The van der Waals surface area contributed by atoms with Gasteiger partial charge in [-0.3, -0.25) is 0 Å². The third-order valence-corrected chi connectivity index (χ3v) is 3.26. The molecule has 2 amide bonds. The molecule has 0 radical (unpaired) electrons. The molecule has 5 nitrogen and oxygen atoms in total. The van der Waals surface area contributed by atoms with Gasteiger partial charge in [0.15, 0.2) is 0 Å². The standard InChI is InChI=1S/C12H15ClN2O3S/c1-15(5-6-19-2)12(18)14-10-4-3-8(13)7-9(10)11(16)17/h3-4,7H,5-6H2,1-2H3,(H,14,18)(H,16,17). The van der Waals surface area contributed by atoms with E-state index in [1.807, 2.05) is 6.26 Å². The number of nitrogens with one attached hydrogen (secondary N) is 1. The molecule has 19 heavy (non-hydrogen) atoms. The maximum absolute atomic E-state index is 11.9. The summed E-state index contributed by atoms with van der Waals surface area (Å²) in [6.07, 6.45) is 1.95. The summed E-state index contributed by atoms with van der Waals surface area (Å²) in [6, 6.07) is 3.97. The molecule has 1 aromatic rings. The van der Waals surface area contributed by atoms with E-state index in [0.29, 0.717) is 11.6 Å². The van der Waals surface area contributed by atoms with E-state index < -0.39 is 5.97 Å². The lowest BCUT2D eigenvalue weighted by Crippen LogP contribution is -2.33. The van der Waals surface area contributed by atoms with Crippen LogP contribution in [0.15, 0.2) is 18.2 Å². The normalized spacial score (nSPS) is 10.1. The molecule has 0 saturated heterocycles. The first-order valence-corrected chi connectivity index (χ1v) is 7.26. The number of halogens is 1. The molecule has 0 aliphatic rings. The Morgan fingerprint density at radius 1 is 1.47 bits per heavy atom. The van der Waals surface area contributed by atoms with Gasteiger partial charge in [0.25, 0.3) is 0 Å². The number of carboxylic acid groups (broad SMARTS) is 1. The fourth-order valence-electron chi connectivity index (χ4n) is 1.34. The van der Waals surface area contributed by atoms with Gasteiger partial charge in [-0.1, -0.05) is 11.6 Å². The number of carbonyl (C=O) groups excluding carboxylic acids is 1. The number of hydrogen-bond acceptors (Lipinski definition) is 3. The van der Waals surface area contributed by atoms with Gasteiger partial charge in [-0.05, 0) is 24.5 Å². The smallest absolute Gasteiger partial charge is 0.337 e. The van der Waals surface area contributed by atoms with E-state index in [1.165, 1.54) is 23.1 Å². The predicted molar refractivity (Wildman–Crippen MR) is 78.4 cm³/mol. The van der Waals surface area contributed by atoms with Crippen molar-refractivity contribution in [3.63, 3.8) is 0 Å². The van der Waals surface area contributed by atoms with Crippen LogP contribution in [0.2, 0.25) is 5.02 Å². The molecule has 0 bridgehead atoms. The summed E-state index contributed by atoms with van der Waals surface area (Å²) in [5.74, 6) is -0.319. The van der Waals surface area contributed by atoms with Crippen molar-refractivity contribution in [3.8, 4) is 0 Å². The van der Waals surface area contributed by atoms with Crippen molar-refractivity contribution in [1.82, 2.24) is 4.90 Å². The van der Waals surface area contributed by atoms with Crippen LogP contribution in [0, 0.1) is 0 Å². The highest BCUT2D eigenvalue weighted by Crippen LogP contribution is 2.21. The molecule has 2 N–H and O–H groups in total. The zero-order chi connectivity index (χ0) is 14.4. The third kappa shape index (κ3) is 4.65. The van der Waals surface area contributed by atoms with Crippen LogP contribution in [0.3, 0.4) is 0 Å². The van der Waals surface area contributed by atoms with Crippen molar-refractivity contribution in [2.45, 2.75) is 0 Å². The number of carbonyl (C=O) groups is 2. The van der Waals surface area contributed by atoms with Crippen LogP contribution in [0.1, 0.15) is 10.4 Å². The molecule has 7 heteroatoms. The summed E-state index contributed by atoms with van der Waals surface area (Å²) in [7, 11) is 1.65. The van der Waals surface area contributed by atoms with Crippen LogP contribution in [0.5, 0.6) is 0 Å². The molecular weight excluding hydrogens is 288 g/mol. The van der Waals surface area contributed by atoms with E-state index in [-0.39, 0.29) is 17.3 Å². The molecule has 0 atom stereocenters. The van der Waals surface area contributed by atoms with E-state index in [9.17, 15) is 9.59 Å². The minimum atomic E-state index is -1.13. The summed E-state index contributed by atoms with van der Waals surface area (Å²) in [6.45, 7) is 0.586. The van der Waals surface area contributed by atoms with E-state index in [2.05, 4.69) is 5.32 Å². The summed E-state index contributed by atoms with van der Waals surface area (Å²) in [5, 5.41) is 11.9. The lowest BCUT2D eigenvalue weighted by molar-refractivity contribution is 0.0698. The molecule has 0 heterocycles. The largest absolute Gasteiger partial charge is 0.478 e. The highest BCUT2D eigenvalue weighted by atomic mass is 35.5. The van der Waals surface area contributed by atoms with E-state index in [4.69, 9.17) is 16.7 Å². The van der Waals surface area contributed by atoms with Gasteiger partial charge in [0.1, 0.15) is 0 Å². The van der Waals surface area contributed by atoms with Gasteiger partial charge in [0.2, 0.25) is 0 Å². The Hall–Kier alpha value is -1.40. The summed E-state index contributed by atoms with van der Waals surface area (Å²) >= 11 is 7.37. The Balaban J connectivity index is 2.81. The Morgan fingerprint density at radius 3 is 2.74 bits per heavy atom. The molecule has 104 valence electrons. The second kappa shape index (κ2) is 7.25. The Labute approximate surface area is 120 Å². The minimum absolute atomic E-state index is 0.0286. The number of anilines is 1. The van der Waals surface area contributed by atoms with Crippen molar-refractivity contribution in [1.29, 1.82) is 0 Å². The number of rotatable bonds is 5. The molecule has 0 aliphatic heterocycles. The molecule has 0 aliphatic carbocycles. The van der Waals surface area contributed by atoms with Gasteiger partial charge in [0.05, 0.1) is 11.3 Å². The number of benzene rings is 1. The van der Waals surface area contributed by atoms with Crippen LogP contribution >= 0.6 is 23.4 Å². The Kier molecular flexibility index (Phi) is 5.98. The highest BCUT2D eigenvalue weighted by molar-refractivity contribution is 7.98. The van der Waals surface area contributed by atoms with Crippen LogP contribution in [-0.2, 0) is 0 Å². The summed E-state index contributed by atoms with van der Waals surface area (Å²) < 4.78 is 0. The number of urea groups is 1. The van der Waals surface area contributed by atoms with Gasteiger partial charge >= 0.3 is 12.0 Å². The fourth-order valence-corrected chi connectivity index (χ4v) is 1.97. The van der Waals surface area contributed by atoms with E-state index >= 15 is 0 Å². The number of aromatic carboxylic acids is 1. The van der Waals surface area contributed by atoms with Gasteiger partial charge in [0, 0.05) is 24.4 Å². The first kappa shape index (κ1) is 15.7. The number of hydrogen-bond donors (Lipinski definition) is 2. The molecule has 1 aromatic carbocycles. The molecule has 0 fully saturated rings. The average Bonchev–Trinajstić information content (AvgIpc) is 2.37. The lowest BCUT2D eigenvalue weighted by atomic mass is 10.2. The van der Waals surface area contributed by atoms with Crippen LogP contribution in [0.25, 0.3) is 0 Å². The maximum atomic E-state index is 11.9. The van der Waals surface area contributed by atoms with E-state index in [1.54, 1.807) is 18.8 Å². The first-order chi connectivity index (χ1) is 8.95. The first-order valence-electron chi connectivity index (χ1n) is 5.49. The molecule has 1 rings (SSSR count). The summed E-state index contributed by atoms with van der Waals surface area (Å²) in [5.41, 5.74) is 0.206. The Morgan fingerprint density at radius 2 is 2.16 bits per heavy atom. The second-order valence-corrected chi connectivity index (χ2v) is 5.26. The number of thioether (sulfide) groups is 1. The number of carboxylic acids is 1. The van der Waals surface area contributed by atoms with Crippen molar-refractivity contribution < 1.29 is 14.7 Å². The Bertz CT molecular complexity index is 482. The molecular formula is C12H15ClN2O3S. The van der Waals surface area contributed by atoms with Gasteiger partial charge < -0.3 is 15.3 Å². The third-order valence-electron chi connectivity index (χ3n) is 2.43. The zero-order valence-electron chi connectivity index (χ0n) is 10.6. The maximum Gasteiger partial charge on any atom is 0.337 e. The minimum Gasteiger partial charge on any atom is -0.478 e. The second-order valence-electron chi connectivity index (χ2n) is 3.84. The van der Waals surface area contributed by atoms with E-state index in [0.717, 1.165) is 5.75 Å². The highest BCUT2D eigenvalue weighted by Gasteiger charge is 2.15. The SMILES string of the molecule is CSCCN(C)C(=O)Nc1ccc(Cl)cc1C(=O)O. The fraction of sp³-hybridized carbons (Fsp3) is 0.333. The van der Waals surface area contributed by atoms with Crippen molar-refractivity contribution in [2.24, 2.45) is 0 Å². The van der Waals surface area contributed by atoms with Gasteiger partial charge in [-0.2, -0.15) is 11.8 Å². The van der Waals surface area contributed by atoms with Gasteiger partial charge in [-0.25, -0.2) is 9.59 Å². The topological polar surface area (TPSA) is 69.6 Å². The summed E-state index contributed by atoms with van der Waals surface area (Å²) in [4.78, 5) is 24.4. The quantitative estimate of drug-likeness (QED) is 0.877. The predicted octanol–water partition coefficient (Wildman–Crippen LogP) is 2.86. The average molecular weight is 303 g/mol. The molecule has 0 unspecified atom stereocenters. The van der Waals surface area contributed by atoms with Crippen molar-refractivity contribution >= 4 is 41.1 Å². The van der Waals surface area contributed by atoms with Crippen LogP contribution < -0.4 is 5.32 Å². The van der Waals surface area contributed by atoms with Gasteiger partial charge in [-0.15, -0.1) is 0 Å². The lowest BCUT2D eigenvalue weighted by Gasteiger charge is -2.18. The van der Waals surface area contributed by atoms with Crippen molar-refractivity contribution in [3.05, 3.63) is 28.8 Å². The van der Waals surface area contributed by atoms with Crippen LogP contribution in [0.4, 0.5) is 10.5 Å². The number of amides is 2. The van der Waals surface area contributed by atoms with Crippen molar-refractivity contribution in [2.75, 3.05) is 30.9 Å². The monoisotopic (exact) mass is 302 g/mol. The number of nitrogens with zero attached hydrogens (tertiary/aromatic N) is 1.